The van der Waals surface area contributed by atoms with Crippen LogP contribution in [0, 0.1) is 6.92 Å². The van der Waals surface area contributed by atoms with Crippen molar-refractivity contribution < 1.29 is 0 Å². The Hall–Kier alpha value is -1.22. The van der Waals surface area contributed by atoms with E-state index in [4.69, 9.17) is 0 Å². The van der Waals surface area contributed by atoms with Gasteiger partial charge in [0.2, 0.25) is 0 Å². The SMILES string of the molecule is Cc1cccc(-c2nccc(CBr)n2)c1. The normalized spacial score (nSPS) is 10.3. The Morgan fingerprint density at radius 3 is 2.87 bits per heavy atom. The van der Waals surface area contributed by atoms with E-state index < -0.39 is 0 Å². The highest BCUT2D eigenvalue weighted by molar-refractivity contribution is 9.08. The quantitative estimate of drug-likeness (QED) is 0.776. The lowest BCUT2D eigenvalue weighted by molar-refractivity contribution is 1.10. The smallest absolute Gasteiger partial charge is 0.159 e. The molecule has 76 valence electrons. The summed E-state index contributed by atoms with van der Waals surface area (Å²) >= 11 is 3.39. The van der Waals surface area contributed by atoms with Gasteiger partial charge < -0.3 is 0 Å². The zero-order valence-corrected chi connectivity index (χ0v) is 10.0. The first-order valence-corrected chi connectivity index (χ1v) is 5.86. The predicted molar refractivity (Wildman–Crippen MR) is 64.8 cm³/mol. The Bertz CT molecular complexity index is 469. The summed E-state index contributed by atoms with van der Waals surface area (Å²) in [6.07, 6.45) is 1.79. The van der Waals surface area contributed by atoms with Crippen LogP contribution in [0.15, 0.2) is 36.5 Å². The van der Waals surface area contributed by atoms with Gasteiger partial charge in [0.05, 0.1) is 5.69 Å². The van der Waals surface area contributed by atoms with Gasteiger partial charge in [-0.3, -0.25) is 0 Å². The summed E-state index contributed by atoms with van der Waals surface area (Å²) < 4.78 is 0. The second-order valence-electron chi connectivity index (χ2n) is 3.37. The molecular formula is C12H11BrN2. The number of aromatic nitrogens is 2. The van der Waals surface area contributed by atoms with Crippen LogP contribution in [0.3, 0.4) is 0 Å². The molecule has 0 saturated heterocycles. The lowest BCUT2D eigenvalue weighted by atomic mass is 10.1. The van der Waals surface area contributed by atoms with Gasteiger partial charge in [-0.05, 0) is 19.1 Å². The Labute approximate surface area is 97.5 Å². The number of alkyl halides is 1. The van der Waals surface area contributed by atoms with E-state index in [-0.39, 0.29) is 0 Å². The second-order valence-corrected chi connectivity index (χ2v) is 3.94. The van der Waals surface area contributed by atoms with Gasteiger partial charge in [-0.2, -0.15) is 0 Å². The maximum atomic E-state index is 4.44. The van der Waals surface area contributed by atoms with E-state index in [2.05, 4.69) is 45.0 Å². The molecule has 0 saturated carbocycles. The Balaban J connectivity index is 2.44. The average Bonchev–Trinajstić information content (AvgIpc) is 2.29. The molecule has 0 amide bonds. The summed E-state index contributed by atoms with van der Waals surface area (Å²) in [5.74, 6) is 0.788. The van der Waals surface area contributed by atoms with Gasteiger partial charge in [-0.15, -0.1) is 0 Å². The van der Waals surface area contributed by atoms with E-state index in [1.54, 1.807) is 6.20 Å². The molecule has 2 aromatic rings. The average molecular weight is 263 g/mol. The molecule has 0 fully saturated rings. The largest absolute Gasteiger partial charge is 0.237 e. The first-order valence-electron chi connectivity index (χ1n) is 4.74. The number of benzene rings is 1. The third kappa shape index (κ3) is 2.42. The van der Waals surface area contributed by atoms with Crippen molar-refractivity contribution in [1.82, 2.24) is 9.97 Å². The maximum absolute atomic E-state index is 4.44. The van der Waals surface area contributed by atoms with Gasteiger partial charge in [0.1, 0.15) is 0 Å². The predicted octanol–water partition coefficient (Wildman–Crippen LogP) is 3.35. The molecule has 15 heavy (non-hydrogen) atoms. The molecule has 0 unspecified atom stereocenters. The standard InChI is InChI=1S/C12H11BrN2/c1-9-3-2-4-10(7-9)12-14-6-5-11(8-13)15-12/h2-7H,8H2,1H3. The summed E-state index contributed by atoms with van der Waals surface area (Å²) in [4.78, 5) is 8.71. The van der Waals surface area contributed by atoms with Crippen molar-refractivity contribution in [2.75, 3.05) is 0 Å². The van der Waals surface area contributed by atoms with Crippen molar-refractivity contribution in [3.8, 4) is 11.4 Å². The van der Waals surface area contributed by atoms with Crippen LogP contribution in [0.2, 0.25) is 0 Å². The highest BCUT2D eigenvalue weighted by Gasteiger charge is 2.01. The van der Waals surface area contributed by atoms with Gasteiger partial charge in [-0.1, -0.05) is 39.7 Å². The number of rotatable bonds is 2. The molecule has 3 heteroatoms. The third-order valence-electron chi connectivity index (χ3n) is 2.13. The van der Waals surface area contributed by atoms with E-state index >= 15 is 0 Å². The van der Waals surface area contributed by atoms with Crippen molar-refractivity contribution in [2.45, 2.75) is 12.3 Å². The Kier molecular flexibility index (Phi) is 3.11. The minimum absolute atomic E-state index is 0.758. The maximum Gasteiger partial charge on any atom is 0.159 e. The first kappa shape index (κ1) is 10.3. The molecule has 0 atom stereocenters. The molecule has 2 rings (SSSR count). The molecule has 0 radical (unpaired) electrons. The second kappa shape index (κ2) is 4.53. The molecule has 0 aliphatic carbocycles. The van der Waals surface area contributed by atoms with E-state index in [1.807, 2.05) is 18.2 Å². The molecule has 2 nitrogen and oxygen atoms in total. The highest BCUT2D eigenvalue weighted by Crippen LogP contribution is 2.16. The van der Waals surface area contributed by atoms with Crippen LogP contribution < -0.4 is 0 Å². The van der Waals surface area contributed by atoms with Gasteiger partial charge in [0, 0.05) is 17.1 Å². The Morgan fingerprint density at radius 1 is 1.27 bits per heavy atom. The van der Waals surface area contributed by atoms with E-state index in [1.165, 1.54) is 5.56 Å². The zero-order valence-electron chi connectivity index (χ0n) is 8.44. The minimum atomic E-state index is 0.758. The fourth-order valence-corrected chi connectivity index (χ4v) is 1.71. The highest BCUT2D eigenvalue weighted by atomic mass is 79.9. The number of hydrogen-bond acceptors (Lipinski definition) is 2. The molecule has 1 heterocycles. The number of aryl methyl sites for hydroxylation is 1. The van der Waals surface area contributed by atoms with Crippen molar-refractivity contribution in [1.29, 1.82) is 0 Å². The number of halogens is 1. The molecular weight excluding hydrogens is 252 g/mol. The van der Waals surface area contributed by atoms with Crippen molar-refractivity contribution >= 4 is 15.9 Å². The van der Waals surface area contributed by atoms with Crippen LogP contribution in [0.4, 0.5) is 0 Å². The van der Waals surface area contributed by atoms with Gasteiger partial charge in [0.25, 0.3) is 0 Å². The molecule has 0 spiro atoms. The summed E-state index contributed by atoms with van der Waals surface area (Å²) in [6.45, 7) is 2.07. The van der Waals surface area contributed by atoms with Crippen molar-refractivity contribution in [3.63, 3.8) is 0 Å². The van der Waals surface area contributed by atoms with Crippen molar-refractivity contribution in [2.24, 2.45) is 0 Å². The van der Waals surface area contributed by atoms with Crippen LogP contribution in [-0.2, 0) is 5.33 Å². The van der Waals surface area contributed by atoms with Crippen LogP contribution >= 0.6 is 15.9 Å². The molecule has 0 aliphatic rings. The van der Waals surface area contributed by atoms with Crippen molar-refractivity contribution in [3.05, 3.63) is 47.8 Å². The molecule has 0 aliphatic heterocycles. The Morgan fingerprint density at radius 2 is 2.13 bits per heavy atom. The molecule has 0 N–H and O–H groups in total. The van der Waals surface area contributed by atoms with E-state index in [9.17, 15) is 0 Å². The summed E-state index contributed by atoms with van der Waals surface area (Å²) in [5.41, 5.74) is 3.29. The summed E-state index contributed by atoms with van der Waals surface area (Å²) in [6, 6.07) is 10.1. The monoisotopic (exact) mass is 262 g/mol. The number of hydrogen-bond donors (Lipinski definition) is 0. The van der Waals surface area contributed by atoms with Crippen LogP contribution in [0.25, 0.3) is 11.4 Å². The van der Waals surface area contributed by atoms with Gasteiger partial charge in [0.15, 0.2) is 5.82 Å². The first-order chi connectivity index (χ1) is 7.29. The van der Waals surface area contributed by atoms with Gasteiger partial charge in [-0.25, -0.2) is 9.97 Å². The summed E-state index contributed by atoms with van der Waals surface area (Å²) in [5, 5.41) is 0.758. The summed E-state index contributed by atoms with van der Waals surface area (Å²) in [7, 11) is 0. The van der Waals surface area contributed by atoms with E-state index in [0.717, 1.165) is 22.4 Å². The lowest BCUT2D eigenvalue weighted by Crippen LogP contribution is -1.92. The number of nitrogens with zero attached hydrogens (tertiary/aromatic N) is 2. The fourth-order valence-electron chi connectivity index (χ4n) is 1.39. The van der Waals surface area contributed by atoms with Crippen LogP contribution in [0.5, 0.6) is 0 Å². The molecule has 0 bridgehead atoms. The molecule has 1 aromatic heterocycles. The minimum Gasteiger partial charge on any atom is -0.237 e. The topological polar surface area (TPSA) is 25.8 Å². The third-order valence-corrected chi connectivity index (χ3v) is 2.70. The lowest BCUT2D eigenvalue weighted by Gasteiger charge is -2.02. The molecule has 1 aromatic carbocycles. The van der Waals surface area contributed by atoms with E-state index in [0.29, 0.717) is 0 Å². The van der Waals surface area contributed by atoms with Crippen LogP contribution in [0.1, 0.15) is 11.3 Å². The fraction of sp³-hybridized carbons (Fsp3) is 0.167. The van der Waals surface area contributed by atoms with Gasteiger partial charge >= 0.3 is 0 Å². The van der Waals surface area contributed by atoms with Crippen LogP contribution in [-0.4, -0.2) is 9.97 Å². The zero-order chi connectivity index (χ0) is 10.7.